The lowest BCUT2D eigenvalue weighted by Crippen LogP contribution is -2.00. The van der Waals surface area contributed by atoms with E-state index in [0.29, 0.717) is 11.6 Å². The van der Waals surface area contributed by atoms with Crippen molar-refractivity contribution in [3.05, 3.63) is 53.7 Å². The molecule has 0 N–H and O–H groups in total. The maximum Gasteiger partial charge on any atom is 0.213 e. The van der Waals surface area contributed by atoms with Gasteiger partial charge in [0.1, 0.15) is 0 Å². The average molecular weight is 261 g/mol. The summed E-state index contributed by atoms with van der Waals surface area (Å²) in [6.07, 6.45) is 0. The molecule has 2 aromatic rings. The molecule has 2 rings (SSSR count). The first-order chi connectivity index (χ1) is 8.69. The molecule has 0 amide bonds. The van der Waals surface area contributed by atoms with Crippen LogP contribution in [0.4, 0.5) is 0 Å². The molecule has 1 aromatic heterocycles. The molecule has 94 valence electrons. The van der Waals surface area contributed by atoms with Crippen LogP contribution in [-0.2, 0) is 16.6 Å². The maximum atomic E-state index is 12.2. The van der Waals surface area contributed by atoms with E-state index in [9.17, 15) is 4.21 Å². The fourth-order valence-electron chi connectivity index (χ4n) is 1.56. The van der Waals surface area contributed by atoms with Crippen molar-refractivity contribution in [1.29, 1.82) is 0 Å². The number of pyridine rings is 1. The van der Waals surface area contributed by atoms with Crippen LogP contribution in [0.25, 0.3) is 0 Å². The van der Waals surface area contributed by atoms with Crippen LogP contribution in [0.3, 0.4) is 0 Å². The molecule has 0 radical (unpaired) electrons. The van der Waals surface area contributed by atoms with E-state index in [1.54, 1.807) is 13.2 Å². The first-order valence-electron chi connectivity index (χ1n) is 5.64. The Balaban J connectivity index is 2.13. The Morgan fingerprint density at radius 2 is 1.89 bits per heavy atom. The van der Waals surface area contributed by atoms with E-state index in [-0.39, 0.29) is 0 Å². The first-order valence-corrected chi connectivity index (χ1v) is 6.96. The minimum Gasteiger partial charge on any atom is -0.481 e. The lowest BCUT2D eigenvalue weighted by molar-refractivity contribution is 0.397. The zero-order valence-corrected chi connectivity index (χ0v) is 11.2. The van der Waals surface area contributed by atoms with Crippen molar-refractivity contribution < 1.29 is 8.95 Å². The molecule has 0 spiro atoms. The van der Waals surface area contributed by atoms with Crippen LogP contribution in [0.2, 0.25) is 0 Å². The molecular formula is C14H15NO2S. The molecule has 0 saturated carbocycles. The highest BCUT2D eigenvalue weighted by Gasteiger charge is 2.06. The summed E-state index contributed by atoms with van der Waals surface area (Å²) in [6.45, 7) is 2.01. The molecule has 18 heavy (non-hydrogen) atoms. The fourth-order valence-corrected chi connectivity index (χ4v) is 2.60. The second-order valence-corrected chi connectivity index (χ2v) is 5.43. The average Bonchev–Trinajstić information content (AvgIpc) is 2.39. The Morgan fingerprint density at radius 3 is 2.56 bits per heavy atom. The predicted molar refractivity (Wildman–Crippen MR) is 72.1 cm³/mol. The smallest absolute Gasteiger partial charge is 0.213 e. The Bertz CT molecular complexity index is 552. The minimum absolute atomic E-state index is 0.403. The highest BCUT2D eigenvalue weighted by Crippen LogP contribution is 2.14. The van der Waals surface area contributed by atoms with Crippen LogP contribution in [0.15, 0.2) is 47.4 Å². The van der Waals surface area contributed by atoms with Gasteiger partial charge in [-0.15, -0.1) is 0 Å². The second-order valence-electron chi connectivity index (χ2n) is 3.97. The van der Waals surface area contributed by atoms with E-state index in [0.717, 1.165) is 16.2 Å². The number of methoxy groups -OCH3 is 1. The summed E-state index contributed by atoms with van der Waals surface area (Å²) < 4.78 is 17.2. The minimum atomic E-state index is -1.07. The number of rotatable bonds is 4. The van der Waals surface area contributed by atoms with Gasteiger partial charge < -0.3 is 4.74 Å². The maximum absolute atomic E-state index is 12.2. The van der Waals surface area contributed by atoms with E-state index in [1.807, 2.05) is 43.3 Å². The molecule has 1 heterocycles. The van der Waals surface area contributed by atoms with Crippen molar-refractivity contribution in [2.24, 2.45) is 0 Å². The number of benzene rings is 1. The molecule has 0 fully saturated rings. The second kappa shape index (κ2) is 5.78. The van der Waals surface area contributed by atoms with Crippen molar-refractivity contribution in [1.82, 2.24) is 4.98 Å². The van der Waals surface area contributed by atoms with Crippen molar-refractivity contribution in [2.45, 2.75) is 17.6 Å². The van der Waals surface area contributed by atoms with Gasteiger partial charge in [0.05, 0.1) is 29.4 Å². The van der Waals surface area contributed by atoms with Crippen LogP contribution < -0.4 is 4.74 Å². The number of ether oxygens (including phenoxy) is 1. The molecule has 0 unspecified atom stereocenters. The van der Waals surface area contributed by atoms with E-state index < -0.39 is 10.8 Å². The number of nitrogens with zero attached hydrogens (tertiary/aromatic N) is 1. The van der Waals surface area contributed by atoms with Gasteiger partial charge >= 0.3 is 0 Å². The molecule has 0 saturated heterocycles. The molecule has 1 atom stereocenters. The number of hydrogen-bond acceptors (Lipinski definition) is 3. The lowest BCUT2D eigenvalue weighted by atomic mass is 10.2. The summed E-state index contributed by atoms with van der Waals surface area (Å²) in [5, 5.41) is 0. The largest absolute Gasteiger partial charge is 0.481 e. The lowest BCUT2D eigenvalue weighted by Gasteiger charge is -2.04. The zero-order valence-electron chi connectivity index (χ0n) is 10.4. The third kappa shape index (κ3) is 3.17. The summed E-state index contributed by atoms with van der Waals surface area (Å²) in [7, 11) is 0.502. The molecule has 0 aliphatic carbocycles. The summed E-state index contributed by atoms with van der Waals surface area (Å²) in [4.78, 5) is 5.08. The topological polar surface area (TPSA) is 39.2 Å². The van der Waals surface area contributed by atoms with Crippen LogP contribution in [0, 0.1) is 6.92 Å². The van der Waals surface area contributed by atoms with E-state index >= 15 is 0 Å². The van der Waals surface area contributed by atoms with Crippen LogP contribution in [0.5, 0.6) is 5.88 Å². The Labute approximate surface area is 109 Å². The third-order valence-corrected chi connectivity index (χ3v) is 3.91. The molecular weight excluding hydrogens is 246 g/mol. The van der Waals surface area contributed by atoms with E-state index in [4.69, 9.17) is 4.74 Å². The number of aryl methyl sites for hydroxylation is 1. The van der Waals surface area contributed by atoms with Gasteiger partial charge in [-0.25, -0.2) is 4.98 Å². The summed E-state index contributed by atoms with van der Waals surface area (Å²) in [5.74, 6) is 0.952. The van der Waals surface area contributed by atoms with Crippen molar-refractivity contribution in [3.8, 4) is 5.88 Å². The van der Waals surface area contributed by atoms with Crippen molar-refractivity contribution >= 4 is 10.8 Å². The van der Waals surface area contributed by atoms with E-state index in [1.165, 1.54) is 0 Å². The monoisotopic (exact) mass is 261 g/mol. The van der Waals surface area contributed by atoms with Gasteiger partial charge in [-0.2, -0.15) is 0 Å². The van der Waals surface area contributed by atoms with Crippen LogP contribution in [-0.4, -0.2) is 16.3 Å². The standard InChI is InChI=1S/C14H15NO2S/c1-11-6-8-13(9-7-11)18(16)10-12-4-3-5-14(15-12)17-2/h3-9H,10H2,1-2H3/t18-/m0/s1. The quantitative estimate of drug-likeness (QED) is 0.849. The molecule has 0 aliphatic heterocycles. The molecule has 4 heteroatoms. The normalized spacial score (nSPS) is 12.1. The fraction of sp³-hybridized carbons (Fsp3) is 0.214. The van der Waals surface area contributed by atoms with Gasteiger partial charge in [0, 0.05) is 11.0 Å². The number of hydrogen-bond donors (Lipinski definition) is 0. The van der Waals surface area contributed by atoms with Gasteiger partial charge in [-0.1, -0.05) is 23.8 Å². The molecule has 3 nitrogen and oxygen atoms in total. The molecule has 0 bridgehead atoms. The van der Waals surface area contributed by atoms with Gasteiger partial charge in [-0.05, 0) is 25.1 Å². The van der Waals surface area contributed by atoms with Gasteiger partial charge in [-0.3, -0.25) is 4.21 Å². The predicted octanol–water partition coefficient (Wildman–Crippen LogP) is 2.71. The van der Waals surface area contributed by atoms with Gasteiger partial charge in [0.15, 0.2) is 0 Å². The van der Waals surface area contributed by atoms with Crippen molar-refractivity contribution in [2.75, 3.05) is 7.11 Å². The summed E-state index contributed by atoms with van der Waals surface area (Å²) >= 11 is 0. The highest BCUT2D eigenvalue weighted by atomic mass is 32.2. The van der Waals surface area contributed by atoms with Gasteiger partial charge in [0.2, 0.25) is 5.88 Å². The molecule has 1 aromatic carbocycles. The SMILES string of the molecule is COc1cccc(C[S@](=O)c2ccc(C)cc2)n1. The Kier molecular flexibility index (Phi) is 4.10. The zero-order chi connectivity index (χ0) is 13.0. The third-order valence-electron chi connectivity index (χ3n) is 2.55. The molecule has 0 aliphatic rings. The first kappa shape index (κ1) is 12.8. The Morgan fingerprint density at radius 1 is 1.17 bits per heavy atom. The Hall–Kier alpha value is -1.68. The van der Waals surface area contributed by atoms with E-state index in [2.05, 4.69) is 4.98 Å². The number of aromatic nitrogens is 1. The highest BCUT2D eigenvalue weighted by molar-refractivity contribution is 7.84. The summed E-state index contributed by atoms with van der Waals surface area (Å²) in [5.41, 5.74) is 1.93. The van der Waals surface area contributed by atoms with Crippen LogP contribution in [0.1, 0.15) is 11.3 Å². The summed E-state index contributed by atoms with van der Waals surface area (Å²) in [6, 6.07) is 13.2. The van der Waals surface area contributed by atoms with Gasteiger partial charge in [0.25, 0.3) is 0 Å². The van der Waals surface area contributed by atoms with Crippen LogP contribution >= 0.6 is 0 Å². The van der Waals surface area contributed by atoms with Crippen molar-refractivity contribution in [3.63, 3.8) is 0 Å².